The number of nitrogens with zero attached hydrogens (tertiary/aromatic N) is 4. The summed E-state index contributed by atoms with van der Waals surface area (Å²) in [6.07, 6.45) is 1.94. The van der Waals surface area contributed by atoms with Crippen LogP contribution in [0.3, 0.4) is 0 Å². The molecular formula is C39H44N4. The van der Waals surface area contributed by atoms with Crippen LogP contribution < -0.4 is 0 Å². The van der Waals surface area contributed by atoms with Crippen molar-refractivity contribution in [2.24, 2.45) is 9.98 Å². The molecule has 220 valence electrons. The number of benzene rings is 4. The second-order valence-corrected chi connectivity index (χ2v) is 12.6. The van der Waals surface area contributed by atoms with Gasteiger partial charge < -0.3 is 0 Å². The molecule has 0 unspecified atom stereocenters. The fraction of sp³-hybridized carbons (Fsp3) is 0.308. The van der Waals surface area contributed by atoms with Crippen molar-refractivity contribution in [3.05, 3.63) is 125 Å². The first kappa shape index (κ1) is 30.2. The van der Waals surface area contributed by atoms with Crippen molar-refractivity contribution in [2.45, 2.75) is 79.1 Å². The van der Waals surface area contributed by atoms with E-state index in [9.17, 15) is 0 Å². The van der Waals surface area contributed by atoms with E-state index >= 15 is 0 Å². The van der Waals surface area contributed by atoms with Gasteiger partial charge in [-0.05, 0) is 52.0 Å². The van der Waals surface area contributed by atoms with E-state index in [2.05, 4.69) is 140 Å². The zero-order valence-electron chi connectivity index (χ0n) is 26.8. The molecule has 0 amide bonds. The lowest BCUT2D eigenvalue weighted by atomic mass is 9.93. The average Bonchev–Trinajstić information content (AvgIpc) is 3.36. The fourth-order valence-corrected chi connectivity index (χ4v) is 5.70. The number of rotatable bonds is 8. The van der Waals surface area contributed by atoms with E-state index in [4.69, 9.17) is 15.1 Å². The van der Waals surface area contributed by atoms with Crippen molar-refractivity contribution in [3.8, 4) is 0 Å². The van der Waals surface area contributed by atoms with Gasteiger partial charge in [0.2, 0.25) is 0 Å². The summed E-state index contributed by atoms with van der Waals surface area (Å²) in [5.41, 5.74) is 9.92. The molecule has 1 aromatic heterocycles. The van der Waals surface area contributed by atoms with Gasteiger partial charge in [-0.2, -0.15) is 5.10 Å². The Morgan fingerprint density at radius 3 is 1.60 bits per heavy atom. The van der Waals surface area contributed by atoms with E-state index < -0.39 is 0 Å². The van der Waals surface area contributed by atoms with Crippen LogP contribution in [0.2, 0.25) is 0 Å². The summed E-state index contributed by atoms with van der Waals surface area (Å²) in [5, 5.41) is 6.26. The molecule has 43 heavy (non-hydrogen) atoms. The van der Waals surface area contributed by atoms with Gasteiger partial charge >= 0.3 is 0 Å². The molecule has 0 aliphatic rings. The first-order valence-electron chi connectivity index (χ1n) is 15.6. The molecule has 5 rings (SSSR count). The van der Waals surface area contributed by atoms with Crippen LogP contribution in [0, 0.1) is 0 Å². The predicted octanol–water partition coefficient (Wildman–Crippen LogP) is 10.9. The van der Waals surface area contributed by atoms with Crippen molar-refractivity contribution in [2.75, 3.05) is 0 Å². The second kappa shape index (κ2) is 12.9. The molecular weight excluding hydrogens is 524 g/mol. The second-order valence-electron chi connectivity index (χ2n) is 12.6. The smallest absolute Gasteiger partial charge is 0.161 e. The molecule has 0 bridgehead atoms. The summed E-state index contributed by atoms with van der Waals surface area (Å²) in [5.74, 6) is 2.21. The largest absolute Gasteiger partial charge is 0.254 e. The molecule has 0 spiro atoms. The Morgan fingerprint density at radius 2 is 1.07 bits per heavy atom. The molecule has 0 saturated carbocycles. The average molecular weight is 569 g/mol. The number of aromatic nitrogens is 2. The normalized spacial score (nSPS) is 12.6. The van der Waals surface area contributed by atoms with E-state index in [-0.39, 0.29) is 0 Å². The van der Waals surface area contributed by atoms with Gasteiger partial charge in [0, 0.05) is 10.9 Å². The Balaban J connectivity index is 1.76. The molecule has 0 aliphatic carbocycles. The van der Waals surface area contributed by atoms with E-state index in [0.717, 1.165) is 39.4 Å². The minimum Gasteiger partial charge on any atom is -0.254 e. The van der Waals surface area contributed by atoms with Crippen molar-refractivity contribution < 1.29 is 0 Å². The minimum absolute atomic E-state index is 0.336. The summed E-state index contributed by atoms with van der Waals surface area (Å²) >= 11 is 0. The van der Waals surface area contributed by atoms with E-state index in [1.807, 2.05) is 17.0 Å². The van der Waals surface area contributed by atoms with Gasteiger partial charge in [0.1, 0.15) is 5.69 Å². The number of hydrogen-bond donors (Lipinski definition) is 0. The highest BCUT2D eigenvalue weighted by Gasteiger charge is 2.20. The van der Waals surface area contributed by atoms with Gasteiger partial charge in [0.05, 0.1) is 23.1 Å². The Morgan fingerprint density at radius 1 is 0.581 bits per heavy atom. The Bertz CT molecular complexity index is 1720. The van der Waals surface area contributed by atoms with E-state index in [0.29, 0.717) is 23.7 Å². The van der Waals surface area contributed by atoms with Gasteiger partial charge in [-0.25, -0.2) is 9.67 Å². The molecule has 1 heterocycles. The standard InChI is InChI=1S/C39H44N4/c1-25(2)30-19-14-20-31(26(3)4)37(30)40-24-35-34-18-12-13-23-36(34)43(42-35)39(29-16-10-9-11-17-29)41-38-32(27(5)6)21-15-22-33(38)28(7)8/h9-28H,1-8H3/b40-24+,41-39-. The number of para-hydroxylation sites is 3. The third kappa shape index (κ3) is 6.24. The topological polar surface area (TPSA) is 42.5 Å². The first-order chi connectivity index (χ1) is 20.7. The quantitative estimate of drug-likeness (QED) is 0.136. The maximum absolute atomic E-state index is 5.47. The third-order valence-corrected chi connectivity index (χ3v) is 8.07. The van der Waals surface area contributed by atoms with Gasteiger partial charge in [-0.3, -0.25) is 4.99 Å². The summed E-state index contributed by atoms with van der Waals surface area (Å²) in [6.45, 7) is 17.9. The number of aliphatic imine (C=N–C) groups is 2. The highest BCUT2D eigenvalue weighted by molar-refractivity contribution is 6.09. The zero-order valence-corrected chi connectivity index (χ0v) is 26.8. The minimum atomic E-state index is 0.336. The van der Waals surface area contributed by atoms with Crippen molar-refractivity contribution >= 4 is 34.3 Å². The van der Waals surface area contributed by atoms with Gasteiger partial charge in [0.25, 0.3) is 0 Å². The Labute approximate surface area is 257 Å². The number of fused-ring (bicyclic) bond motifs is 1. The lowest BCUT2D eigenvalue weighted by Crippen LogP contribution is -2.16. The van der Waals surface area contributed by atoms with Crippen LogP contribution >= 0.6 is 0 Å². The maximum atomic E-state index is 5.47. The molecule has 0 radical (unpaired) electrons. The van der Waals surface area contributed by atoms with Crippen LogP contribution in [-0.4, -0.2) is 21.8 Å². The van der Waals surface area contributed by atoms with E-state index in [1.54, 1.807) is 0 Å². The van der Waals surface area contributed by atoms with Crippen LogP contribution in [0.5, 0.6) is 0 Å². The molecule has 0 N–H and O–H groups in total. The maximum Gasteiger partial charge on any atom is 0.161 e. The molecule has 4 nitrogen and oxygen atoms in total. The Hall–Kier alpha value is -4.31. The number of hydrogen-bond acceptors (Lipinski definition) is 3. The SMILES string of the molecule is CC(C)c1cccc(C(C)C)c1/N=C(/c1ccccc1)n1nc(/C=N/c2c(C(C)C)cccc2C(C)C)c2ccccc21. The first-order valence-corrected chi connectivity index (χ1v) is 15.6. The summed E-state index contributed by atoms with van der Waals surface area (Å²) in [4.78, 5) is 10.6. The van der Waals surface area contributed by atoms with Gasteiger partial charge in [-0.1, -0.05) is 140 Å². The molecule has 0 fully saturated rings. The molecule has 0 atom stereocenters. The summed E-state index contributed by atoms with van der Waals surface area (Å²) in [6, 6.07) is 31.9. The van der Waals surface area contributed by atoms with Gasteiger partial charge in [-0.15, -0.1) is 0 Å². The lowest BCUT2D eigenvalue weighted by Gasteiger charge is -2.18. The Kier molecular flexibility index (Phi) is 9.05. The summed E-state index contributed by atoms with van der Waals surface area (Å²) in [7, 11) is 0. The zero-order chi connectivity index (χ0) is 30.7. The predicted molar refractivity (Wildman–Crippen MR) is 184 cm³/mol. The van der Waals surface area contributed by atoms with Crippen LogP contribution in [0.15, 0.2) is 101 Å². The highest BCUT2D eigenvalue weighted by atomic mass is 15.3. The van der Waals surface area contributed by atoms with Crippen LogP contribution in [0.1, 0.15) is 113 Å². The highest BCUT2D eigenvalue weighted by Crippen LogP contribution is 2.37. The lowest BCUT2D eigenvalue weighted by molar-refractivity contribution is 0.833. The van der Waals surface area contributed by atoms with Crippen LogP contribution in [-0.2, 0) is 0 Å². The summed E-state index contributed by atoms with van der Waals surface area (Å²) < 4.78 is 2.00. The molecule has 4 heteroatoms. The molecule has 4 aromatic carbocycles. The van der Waals surface area contributed by atoms with Crippen LogP contribution in [0.25, 0.3) is 10.9 Å². The third-order valence-electron chi connectivity index (χ3n) is 8.07. The molecule has 0 saturated heterocycles. The van der Waals surface area contributed by atoms with Gasteiger partial charge in [0.15, 0.2) is 5.84 Å². The van der Waals surface area contributed by atoms with Crippen LogP contribution in [0.4, 0.5) is 11.4 Å². The van der Waals surface area contributed by atoms with Crippen molar-refractivity contribution in [1.29, 1.82) is 0 Å². The molecule has 0 aliphatic heterocycles. The van der Waals surface area contributed by atoms with E-state index in [1.165, 1.54) is 22.3 Å². The fourth-order valence-electron chi connectivity index (χ4n) is 5.70. The van der Waals surface area contributed by atoms with Crippen molar-refractivity contribution in [3.63, 3.8) is 0 Å². The molecule has 5 aromatic rings. The van der Waals surface area contributed by atoms with Crippen molar-refractivity contribution in [1.82, 2.24) is 9.78 Å². The monoisotopic (exact) mass is 568 g/mol.